The summed E-state index contributed by atoms with van der Waals surface area (Å²) in [6, 6.07) is 5.86. The van der Waals surface area contributed by atoms with E-state index in [-0.39, 0.29) is 18.0 Å². The summed E-state index contributed by atoms with van der Waals surface area (Å²) in [5.41, 5.74) is 1.58. The van der Waals surface area contributed by atoms with Crippen LogP contribution in [0.2, 0.25) is 5.02 Å². The van der Waals surface area contributed by atoms with E-state index < -0.39 is 0 Å². The maximum Gasteiger partial charge on any atom is 0.247 e. The molecule has 2 aromatic rings. The van der Waals surface area contributed by atoms with Crippen molar-refractivity contribution in [1.29, 1.82) is 0 Å². The lowest BCUT2D eigenvalue weighted by molar-refractivity contribution is -0.129. The number of hydrogen-bond donors (Lipinski definition) is 1. The van der Waals surface area contributed by atoms with E-state index in [0.717, 1.165) is 11.0 Å². The van der Waals surface area contributed by atoms with Crippen molar-refractivity contribution >= 4 is 34.6 Å². The fraction of sp³-hybridized carbons (Fsp3) is 0.375. The second-order valence-electron chi connectivity index (χ2n) is 5.52. The number of imidazole rings is 1. The van der Waals surface area contributed by atoms with Gasteiger partial charge in [0.25, 0.3) is 0 Å². The monoisotopic (exact) mass is 305 g/mol. The number of halogens is 1. The summed E-state index contributed by atoms with van der Waals surface area (Å²) >= 11 is 6.10. The maximum absolute atomic E-state index is 12.3. The van der Waals surface area contributed by atoms with Crippen molar-refractivity contribution in [3.63, 3.8) is 0 Å². The van der Waals surface area contributed by atoms with E-state index >= 15 is 0 Å². The first-order valence-corrected chi connectivity index (χ1v) is 7.42. The zero-order chi connectivity index (χ0) is 15.6. The standard InChI is InChI=1S/C16H20ClN3O/c1-10(2)20(11(3)4)15(21)9-8-14-18-13-7-5-6-12(17)16(13)19-14/h5-11H,1-4H3,(H,18,19). The van der Waals surface area contributed by atoms with Crippen LogP contribution in [0.25, 0.3) is 17.1 Å². The molecule has 0 aliphatic heterocycles. The summed E-state index contributed by atoms with van der Waals surface area (Å²) in [6.07, 6.45) is 3.24. The van der Waals surface area contributed by atoms with Gasteiger partial charge in [-0.25, -0.2) is 4.98 Å². The van der Waals surface area contributed by atoms with E-state index in [2.05, 4.69) is 9.97 Å². The fourth-order valence-corrected chi connectivity index (χ4v) is 2.65. The first kappa shape index (κ1) is 15.6. The number of H-pyrrole nitrogens is 1. The van der Waals surface area contributed by atoms with Crippen LogP contribution >= 0.6 is 11.6 Å². The number of aromatic nitrogens is 2. The van der Waals surface area contributed by atoms with Crippen molar-refractivity contribution < 1.29 is 4.79 Å². The highest BCUT2D eigenvalue weighted by Gasteiger charge is 2.17. The third-order valence-corrected chi connectivity index (χ3v) is 3.55. The van der Waals surface area contributed by atoms with Crippen LogP contribution in [0.15, 0.2) is 24.3 Å². The first-order chi connectivity index (χ1) is 9.90. The lowest BCUT2D eigenvalue weighted by Gasteiger charge is -2.29. The van der Waals surface area contributed by atoms with Gasteiger partial charge in [-0.2, -0.15) is 0 Å². The van der Waals surface area contributed by atoms with E-state index in [1.165, 1.54) is 0 Å². The molecule has 2 rings (SSSR count). The first-order valence-electron chi connectivity index (χ1n) is 7.04. The third kappa shape index (κ3) is 3.45. The molecule has 0 unspecified atom stereocenters. The fourth-order valence-electron chi connectivity index (χ4n) is 2.44. The second-order valence-corrected chi connectivity index (χ2v) is 5.93. The number of fused-ring (bicyclic) bond motifs is 1. The van der Waals surface area contributed by atoms with Gasteiger partial charge in [0.05, 0.1) is 16.1 Å². The highest BCUT2D eigenvalue weighted by molar-refractivity contribution is 6.34. The predicted octanol–water partition coefficient (Wildman–Crippen LogP) is 3.87. The smallest absolute Gasteiger partial charge is 0.247 e. The Balaban J connectivity index is 2.23. The lowest BCUT2D eigenvalue weighted by Crippen LogP contribution is -2.41. The average molecular weight is 306 g/mol. The number of hydrogen-bond acceptors (Lipinski definition) is 2. The molecular formula is C16H20ClN3O. The Labute approximate surface area is 129 Å². The molecule has 1 aromatic carbocycles. The van der Waals surface area contributed by atoms with Gasteiger partial charge in [0.2, 0.25) is 5.91 Å². The largest absolute Gasteiger partial charge is 0.337 e. The average Bonchev–Trinajstić information content (AvgIpc) is 2.80. The molecule has 0 spiro atoms. The summed E-state index contributed by atoms with van der Waals surface area (Å²) in [7, 11) is 0. The molecule has 0 saturated carbocycles. The molecule has 5 heteroatoms. The Morgan fingerprint density at radius 3 is 2.52 bits per heavy atom. The molecular weight excluding hydrogens is 286 g/mol. The lowest BCUT2D eigenvalue weighted by atomic mass is 10.2. The highest BCUT2D eigenvalue weighted by atomic mass is 35.5. The number of rotatable bonds is 4. The van der Waals surface area contributed by atoms with Gasteiger partial charge in [-0.1, -0.05) is 17.7 Å². The molecule has 1 heterocycles. The van der Waals surface area contributed by atoms with Crippen LogP contribution in [0.1, 0.15) is 33.5 Å². The predicted molar refractivity (Wildman–Crippen MR) is 87.3 cm³/mol. The summed E-state index contributed by atoms with van der Waals surface area (Å²) in [4.78, 5) is 21.6. The van der Waals surface area contributed by atoms with E-state index in [1.54, 1.807) is 18.2 Å². The van der Waals surface area contributed by atoms with Crippen LogP contribution < -0.4 is 0 Å². The van der Waals surface area contributed by atoms with Crippen molar-refractivity contribution in [3.8, 4) is 0 Å². The van der Waals surface area contributed by atoms with E-state index in [1.807, 2.05) is 44.7 Å². The molecule has 21 heavy (non-hydrogen) atoms. The Morgan fingerprint density at radius 2 is 1.95 bits per heavy atom. The minimum absolute atomic E-state index is 0.0217. The molecule has 112 valence electrons. The summed E-state index contributed by atoms with van der Waals surface area (Å²) in [6.45, 7) is 8.03. The molecule has 0 aliphatic carbocycles. The van der Waals surface area contributed by atoms with Crippen molar-refractivity contribution in [1.82, 2.24) is 14.9 Å². The minimum atomic E-state index is -0.0217. The number of benzene rings is 1. The topological polar surface area (TPSA) is 49.0 Å². The Hall–Kier alpha value is -1.81. The number of amides is 1. The number of carbonyl (C=O) groups excluding carboxylic acids is 1. The third-order valence-electron chi connectivity index (χ3n) is 3.24. The number of aromatic amines is 1. The number of para-hydroxylation sites is 1. The van der Waals surface area contributed by atoms with Gasteiger partial charge in [0.1, 0.15) is 5.82 Å². The van der Waals surface area contributed by atoms with Gasteiger partial charge in [-0.05, 0) is 45.9 Å². The quantitative estimate of drug-likeness (QED) is 0.872. The van der Waals surface area contributed by atoms with Gasteiger partial charge in [-0.15, -0.1) is 0 Å². The summed E-state index contributed by atoms with van der Waals surface area (Å²) < 4.78 is 0. The number of carbonyl (C=O) groups is 1. The zero-order valence-corrected chi connectivity index (χ0v) is 13.5. The van der Waals surface area contributed by atoms with Crippen LogP contribution in [-0.2, 0) is 4.79 Å². The molecule has 0 radical (unpaired) electrons. The molecule has 0 fully saturated rings. The maximum atomic E-state index is 12.3. The van der Waals surface area contributed by atoms with E-state index in [0.29, 0.717) is 10.8 Å². The Morgan fingerprint density at radius 1 is 1.29 bits per heavy atom. The molecule has 1 N–H and O–H groups in total. The molecule has 4 nitrogen and oxygen atoms in total. The molecule has 1 aromatic heterocycles. The molecule has 1 amide bonds. The molecule has 0 atom stereocenters. The van der Waals surface area contributed by atoms with Crippen LogP contribution in [0, 0.1) is 0 Å². The van der Waals surface area contributed by atoms with Gasteiger partial charge in [0.15, 0.2) is 0 Å². The van der Waals surface area contributed by atoms with Crippen LogP contribution in [0.3, 0.4) is 0 Å². The molecule has 0 bridgehead atoms. The summed E-state index contributed by atoms with van der Waals surface area (Å²) in [5, 5.41) is 0.622. The van der Waals surface area contributed by atoms with E-state index in [4.69, 9.17) is 11.6 Å². The van der Waals surface area contributed by atoms with Crippen molar-refractivity contribution in [3.05, 3.63) is 35.1 Å². The second kappa shape index (κ2) is 6.31. The Kier molecular flexibility index (Phi) is 4.68. The molecule has 0 aliphatic rings. The van der Waals surface area contributed by atoms with Gasteiger partial charge < -0.3 is 9.88 Å². The van der Waals surface area contributed by atoms with E-state index in [9.17, 15) is 4.79 Å². The SMILES string of the molecule is CC(C)N(C(=O)C=Cc1nc2cccc(Cl)c2[nH]1)C(C)C. The number of nitrogens with zero attached hydrogens (tertiary/aromatic N) is 2. The number of nitrogens with one attached hydrogen (secondary N) is 1. The Bertz CT molecular complexity index is 665. The minimum Gasteiger partial charge on any atom is -0.337 e. The highest BCUT2D eigenvalue weighted by Crippen LogP contribution is 2.21. The zero-order valence-electron chi connectivity index (χ0n) is 12.7. The van der Waals surface area contributed by atoms with Crippen LogP contribution in [0.5, 0.6) is 0 Å². The van der Waals surface area contributed by atoms with Crippen LogP contribution in [-0.4, -0.2) is 32.9 Å². The van der Waals surface area contributed by atoms with Gasteiger partial charge in [0, 0.05) is 18.2 Å². The van der Waals surface area contributed by atoms with Gasteiger partial charge in [-0.3, -0.25) is 4.79 Å². The summed E-state index contributed by atoms with van der Waals surface area (Å²) in [5.74, 6) is 0.602. The molecule has 0 saturated heterocycles. The van der Waals surface area contributed by atoms with Crippen LogP contribution in [0.4, 0.5) is 0 Å². The van der Waals surface area contributed by atoms with Gasteiger partial charge >= 0.3 is 0 Å². The normalized spacial score (nSPS) is 12.0. The van der Waals surface area contributed by atoms with Crippen molar-refractivity contribution in [2.45, 2.75) is 39.8 Å². The van der Waals surface area contributed by atoms with Crippen molar-refractivity contribution in [2.24, 2.45) is 0 Å². The van der Waals surface area contributed by atoms with Crippen molar-refractivity contribution in [2.75, 3.05) is 0 Å².